The van der Waals surface area contributed by atoms with Crippen molar-refractivity contribution in [2.24, 2.45) is 5.92 Å². The molecule has 2 aromatic carbocycles. The van der Waals surface area contributed by atoms with Crippen LogP contribution in [-0.2, 0) is 6.42 Å². The summed E-state index contributed by atoms with van der Waals surface area (Å²) in [5.74, 6) is 1.49. The summed E-state index contributed by atoms with van der Waals surface area (Å²) < 4.78 is 6.13. The topological polar surface area (TPSA) is 32.7 Å². The van der Waals surface area contributed by atoms with E-state index >= 15 is 0 Å². The lowest BCUT2D eigenvalue weighted by atomic mass is 9.98. The molecule has 25 heavy (non-hydrogen) atoms. The lowest BCUT2D eigenvalue weighted by Gasteiger charge is -2.30. The van der Waals surface area contributed by atoms with E-state index in [0.717, 1.165) is 44.6 Å². The third kappa shape index (κ3) is 5.32. The second-order valence-corrected chi connectivity index (χ2v) is 7.09. The van der Waals surface area contributed by atoms with Gasteiger partial charge in [-0.15, -0.1) is 0 Å². The van der Waals surface area contributed by atoms with Crippen LogP contribution in [0.5, 0.6) is 5.75 Å². The summed E-state index contributed by atoms with van der Waals surface area (Å²) in [5.41, 5.74) is 3.83. The number of benzene rings is 2. The molecule has 2 aromatic rings. The fourth-order valence-corrected chi connectivity index (χ4v) is 3.48. The molecule has 0 radical (unpaired) electrons. The van der Waals surface area contributed by atoms with Gasteiger partial charge >= 0.3 is 0 Å². The Labute approximate surface area is 151 Å². The first-order valence-corrected chi connectivity index (χ1v) is 9.34. The molecule has 3 rings (SSSR count). The maximum atomic E-state index is 9.23. The Balaban J connectivity index is 1.55. The van der Waals surface area contributed by atoms with Crippen LogP contribution in [0, 0.1) is 12.8 Å². The van der Waals surface area contributed by atoms with Crippen LogP contribution in [0.15, 0.2) is 48.5 Å². The molecular formula is C22H29NO2. The lowest BCUT2D eigenvalue weighted by molar-refractivity contribution is 0.118. The molecule has 3 nitrogen and oxygen atoms in total. The highest BCUT2D eigenvalue weighted by atomic mass is 16.5. The number of rotatable bonds is 7. The molecule has 1 aliphatic heterocycles. The fraction of sp³-hybridized carbons (Fsp3) is 0.455. The average molecular weight is 339 g/mol. The average Bonchev–Trinajstić information content (AvgIpc) is 2.65. The Morgan fingerprint density at radius 2 is 1.84 bits per heavy atom. The van der Waals surface area contributed by atoms with Crippen LogP contribution in [0.25, 0.3) is 0 Å². The van der Waals surface area contributed by atoms with Crippen molar-refractivity contribution < 1.29 is 9.84 Å². The van der Waals surface area contributed by atoms with Gasteiger partial charge in [-0.25, -0.2) is 0 Å². The molecule has 1 heterocycles. The zero-order valence-corrected chi connectivity index (χ0v) is 15.2. The molecule has 134 valence electrons. The van der Waals surface area contributed by atoms with Crippen molar-refractivity contribution in [3.8, 4) is 5.75 Å². The van der Waals surface area contributed by atoms with Crippen LogP contribution >= 0.6 is 0 Å². The van der Waals surface area contributed by atoms with Crippen molar-refractivity contribution >= 4 is 0 Å². The molecular weight excluding hydrogens is 310 g/mol. The lowest BCUT2D eigenvalue weighted by Crippen LogP contribution is -2.37. The van der Waals surface area contributed by atoms with Crippen molar-refractivity contribution in [2.45, 2.75) is 26.2 Å². The van der Waals surface area contributed by atoms with Gasteiger partial charge in [0.25, 0.3) is 0 Å². The number of aliphatic hydroxyl groups excluding tert-OH is 1. The van der Waals surface area contributed by atoms with E-state index in [1.54, 1.807) is 0 Å². The molecule has 0 atom stereocenters. The van der Waals surface area contributed by atoms with E-state index in [2.05, 4.69) is 60.4 Å². The summed E-state index contributed by atoms with van der Waals surface area (Å²) in [4.78, 5) is 2.44. The summed E-state index contributed by atoms with van der Waals surface area (Å²) in [6.45, 7) is 6.27. The number of nitrogens with zero attached hydrogens (tertiary/aromatic N) is 1. The molecule has 0 amide bonds. The van der Waals surface area contributed by atoms with Crippen molar-refractivity contribution in [2.75, 3.05) is 32.8 Å². The largest absolute Gasteiger partial charge is 0.492 e. The van der Waals surface area contributed by atoms with Gasteiger partial charge in [-0.1, -0.05) is 48.0 Å². The molecule has 0 aromatic heterocycles. The van der Waals surface area contributed by atoms with Gasteiger partial charge in [0.2, 0.25) is 0 Å². The molecule has 0 bridgehead atoms. The molecule has 1 saturated heterocycles. The van der Waals surface area contributed by atoms with Crippen LogP contribution in [0.1, 0.15) is 29.5 Å². The van der Waals surface area contributed by atoms with Gasteiger partial charge in [-0.05, 0) is 56.0 Å². The molecule has 1 aliphatic rings. The van der Waals surface area contributed by atoms with E-state index < -0.39 is 0 Å². The molecule has 0 aliphatic carbocycles. The second-order valence-electron chi connectivity index (χ2n) is 7.09. The Kier molecular flexibility index (Phi) is 6.48. The summed E-state index contributed by atoms with van der Waals surface area (Å²) >= 11 is 0. The number of aryl methyl sites for hydroxylation is 1. The maximum absolute atomic E-state index is 9.23. The van der Waals surface area contributed by atoms with Crippen LogP contribution in [0.2, 0.25) is 0 Å². The SMILES string of the molecule is Cc1ccc(OCCN2CCC(CO)CC2)c(Cc2ccccc2)c1. The predicted octanol–water partition coefficient (Wildman–Crippen LogP) is 3.67. The van der Waals surface area contributed by atoms with E-state index in [-0.39, 0.29) is 0 Å². The first-order chi connectivity index (χ1) is 12.2. The normalized spacial score (nSPS) is 16.1. The highest BCUT2D eigenvalue weighted by molar-refractivity contribution is 5.40. The van der Waals surface area contributed by atoms with Crippen molar-refractivity contribution in [1.29, 1.82) is 0 Å². The maximum Gasteiger partial charge on any atom is 0.122 e. The standard InChI is InChI=1S/C22H29NO2/c1-18-7-8-22(21(15-18)16-19-5-3-2-4-6-19)25-14-13-23-11-9-20(17-24)10-12-23/h2-8,15,20,24H,9-14,16-17H2,1H3. The first-order valence-electron chi connectivity index (χ1n) is 9.34. The van der Waals surface area contributed by atoms with E-state index in [4.69, 9.17) is 4.74 Å². The van der Waals surface area contributed by atoms with E-state index in [1.165, 1.54) is 16.7 Å². The monoisotopic (exact) mass is 339 g/mol. The third-order valence-electron chi connectivity index (χ3n) is 5.08. The number of aliphatic hydroxyl groups is 1. The zero-order chi connectivity index (χ0) is 17.5. The zero-order valence-electron chi connectivity index (χ0n) is 15.2. The van der Waals surface area contributed by atoms with Crippen molar-refractivity contribution in [3.05, 3.63) is 65.2 Å². The molecule has 1 N–H and O–H groups in total. The van der Waals surface area contributed by atoms with Gasteiger partial charge < -0.3 is 9.84 Å². The van der Waals surface area contributed by atoms with Gasteiger partial charge in [0.1, 0.15) is 12.4 Å². The first kappa shape index (κ1) is 18.0. The molecule has 0 saturated carbocycles. The number of ether oxygens (including phenoxy) is 1. The number of piperidine rings is 1. The predicted molar refractivity (Wildman–Crippen MR) is 102 cm³/mol. The highest BCUT2D eigenvalue weighted by Crippen LogP contribution is 2.23. The third-order valence-corrected chi connectivity index (χ3v) is 5.08. The molecule has 0 unspecified atom stereocenters. The Bertz CT molecular complexity index is 648. The minimum absolute atomic E-state index is 0.330. The smallest absolute Gasteiger partial charge is 0.122 e. The minimum atomic E-state index is 0.330. The second kappa shape index (κ2) is 9.02. The Morgan fingerprint density at radius 3 is 2.56 bits per heavy atom. The Hall–Kier alpha value is -1.84. The van der Waals surface area contributed by atoms with E-state index in [1.807, 2.05) is 0 Å². The number of hydrogen-bond donors (Lipinski definition) is 1. The minimum Gasteiger partial charge on any atom is -0.492 e. The van der Waals surface area contributed by atoms with Gasteiger partial charge in [0.05, 0.1) is 0 Å². The Morgan fingerprint density at radius 1 is 1.08 bits per heavy atom. The molecule has 1 fully saturated rings. The van der Waals surface area contributed by atoms with Gasteiger partial charge in [0, 0.05) is 19.6 Å². The van der Waals surface area contributed by atoms with E-state index in [0.29, 0.717) is 19.1 Å². The van der Waals surface area contributed by atoms with Crippen molar-refractivity contribution in [1.82, 2.24) is 4.90 Å². The summed E-state index contributed by atoms with van der Waals surface area (Å²) in [6, 6.07) is 17.0. The molecule has 0 spiro atoms. The summed E-state index contributed by atoms with van der Waals surface area (Å²) in [6.07, 6.45) is 3.10. The van der Waals surface area contributed by atoms with Gasteiger partial charge in [0.15, 0.2) is 0 Å². The van der Waals surface area contributed by atoms with Gasteiger partial charge in [-0.2, -0.15) is 0 Å². The van der Waals surface area contributed by atoms with Crippen LogP contribution in [0.4, 0.5) is 0 Å². The van der Waals surface area contributed by atoms with Crippen LogP contribution in [-0.4, -0.2) is 42.9 Å². The highest BCUT2D eigenvalue weighted by Gasteiger charge is 2.18. The van der Waals surface area contributed by atoms with Crippen LogP contribution < -0.4 is 4.74 Å². The van der Waals surface area contributed by atoms with E-state index in [9.17, 15) is 5.11 Å². The van der Waals surface area contributed by atoms with Gasteiger partial charge in [-0.3, -0.25) is 4.90 Å². The summed E-state index contributed by atoms with van der Waals surface area (Å²) in [5, 5.41) is 9.23. The number of hydrogen-bond acceptors (Lipinski definition) is 3. The quantitative estimate of drug-likeness (QED) is 0.835. The van der Waals surface area contributed by atoms with Crippen LogP contribution in [0.3, 0.4) is 0 Å². The fourth-order valence-electron chi connectivity index (χ4n) is 3.48. The molecule has 3 heteroatoms. The van der Waals surface area contributed by atoms with Crippen molar-refractivity contribution in [3.63, 3.8) is 0 Å². The number of likely N-dealkylation sites (tertiary alicyclic amines) is 1. The summed E-state index contributed by atoms with van der Waals surface area (Å²) in [7, 11) is 0.